The largest absolute Gasteiger partial charge is 0.392 e. The molecule has 0 aromatic heterocycles. The van der Waals surface area contributed by atoms with Crippen LogP contribution in [-0.2, 0) is 9.59 Å². The standard InChI is InChI=1S/C9H15N3O2S/c10-6(13)5-12-8(14)9(7(11)15)3-1-2-4-9/h1-5H2,(H2,10,13)(H2,11,15)(H,12,14). The zero-order valence-corrected chi connectivity index (χ0v) is 9.23. The number of amides is 2. The summed E-state index contributed by atoms with van der Waals surface area (Å²) in [6.07, 6.45) is 3.18. The molecular weight excluding hydrogens is 214 g/mol. The van der Waals surface area contributed by atoms with Crippen LogP contribution >= 0.6 is 12.2 Å². The Morgan fingerprint density at radius 3 is 2.20 bits per heavy atom. The van der Waals surface area contributed by atoms with Gasteiger partial charge in [0.25, 0.3) is 0 Å². The number of nitrogens with two attached hydrogens (primary N) is 2. The van der Waals surface area contributed by atoms with Gasteiger partial charge in [-0.25, -0.2) is 0 Å². The fourth-order valence-corrected chi connectivity index (χ4v) is 2.20. The van der Waals surface area contributed by atoms with E-state index in [9.17, 15) is 9.59 Å². The van der Waals surface area contributed by atoms with Gasteiger partial charge < -0.3 is 16.8 Å². The fourth-order valence-electron chi connectivity index (χ4n) is 1.90. The lowest BCUT2D eigenvalue weighted by atomic mass is 9.85. The number of carbonyl (C=O) groups is 2. The third kappa shape index (κ3) is 2.44. The Morgan fingerprint density at radius 1 is 1.27 bits per heavy atom. The minimum absolute atomic E-state index is 0.163. The second kappa shape index (κ2) is 4.57. The highest BCUT2D eigenvalue weighted by Crippen LogP contribution is 2.38. The van der Waals surface area contributed by atoms with Crippen molar-refractivity contribution < 1.29 is 9.59 Å². The van der Waals surface area contributed by atoms with Gasteiger partial charge in [0.05, 0.1) is 16.9 Å². The Hall–Kier alpha value is -1.17. The zero-order valence-electron chi connectivity index (χ0n) is 8.41. The van der Waals surface area contributed by atoms with Gasteiger partial charge in [-0.05, 0) is 12.8 Å². The van der Waals surface area contributed by atoms with E-state index in [1.165, 1.54) is 0 Å². The van der Waals surface area contributed by atoms with Gasteiger partial charge in [0, 0.05) is 0 Å². The van der Waals surface area contributed by atoms with Crippen LogP contribution in [0.3, 0.4) is 0 Å². The number of hydrogen-bond donors (Lipinski definition) is 3. The molecule has 1 saturated carbocycles. The molecule has 0 radical (unpaired) electrons. The number of thiocarbonyl (C=S) groups is 1. The maximum Gasteiger partial charge on any atom is 0.236 e. The van der Waals surface area contributed by atoms with Crippen LogP contribution < -0.4 is 16.8 Å². The molecular formula is C9H15N3O2S. The van der Waals surface area contributed by atoms with Crippen LogP contribution in [0.4, 0.5) is 0 Å². The Balaban J connectivity index is 2.68. The monoisotopic (exact) mass is 229 g/mol. The molecule has 1 aliphatic rings. The van der Waals surface area contributed by atoms with Crippen molar-refractivity contribution >= 4 is 29.0 Å². The predicted octanol–water partition coefficient (Wildman–Crippen LogP) is -0.566. The van der Waals surface area contributed by atoms with Crippen molar-refractivity contribution in [1.82, 2.24) is 5.32 Å². The van der Waals surface area contributed by atoms with E-state index in [0.717, 1.165) is 12.8 Å². The van der Waals surface area contributed by atoms with Crippen LogP contribution in [0.2, 0.25) is 0 Å². The normalized spacial score (nSPS) is 18.4. The second-order valence-electron chi connectivity index (χ2n) is 3.80. The molecule has 0 bridgehead atoms. The third-order valence-electron chi connectivity index (χ3n) is 2.79. The summed E-state index contributed by atoms with van der Waals surface area (Å²) >= 11 is 4.92. The fraction of sp³-hybridized carbons (Fsp3) is 0.667. The van der Waals surface area contributed by atoms with E-state index in [1.807, 2.05) is 0 Å². The maximum absolute atomic E-state index is 11.8. The molecule has 2 amide bonds. The van der Waals surface area contributed by atoms with Crippen LogP contribution in [0, 0.1) is 5.41 Å². The summed E-state index contributed by atoms with van der Waals surface area (Å²) in [6.45, 7) is -0.163. The number of rotatable bonds is 4. The van der Waals surface area contributed by atoms with E-state index >= 15 is 0 Å². The Kier molecular flexibility index (Phi) is 3.62. The molecule has 0 aromatic carbocycles. The average Bonchev–Trinajstić information content (AvgIpc) is 2.63. The van der Waals surface area contributed by atoms with Crippen LogP contribution in [0.1, 0.15) is 25.7 Å². The van der Waals surface area contributed by atoms with E-state index in [0.29, 0.717) is 12.8 Å². The Bertz CT molecular complexity index is 298. The van der Waals surface area contributed by atoms with Crippen molar-refractivity contribution in [2.75, 3.05) is 6.54 Å². The summed E-state index contributed by atoms with van der Waals surface area (Å²) in [5.41, 5.74) is 9.78. The zero-order chi connectivity index (χ0) is 11.5. The lowest BCUT2D eigenvalue weighted by molar-refractivity contribution is -0.129. The van der Waals surface area contributed by atoms with Crippen LogP contribution in [0.15, 0.2) is 0 Å². The summed E-state index contributed by atoms with van der Waals surface area (Å²) in [5, 5.41) is 2.47. The smallest absolute Gasteiger partial charge is 0.236 e. The number of nitrogens with one attached hydrogen (secondary N) is 1. The van der Waals surface area contributed by atoms with Gasteiger partial charge in [-0.1, -0.05) is 25.1 Å². The van der Waals surface area contributed by atoms with Crippen LogP contribution in [-0.4, -0.2) is 23.3 Å². The van der Waals surface area contributed by atoms with Crippen LogP contribution in [0.25, 0.3) is 0 Å². The van der Waals surface area contributed by atoms with Crippen molar-refractivity contribution in [2.45, 2.75) is 25.7 Å². The van der Waals surface area contributed by atoms with Crippen LogP contribution in [0.5, 0.6) is 0 Å². The first-order valence-electron chi connectivity index (χ1n) is 4.85. The predicted molar refractivity (Wildman–Crippen MR) is 59.9 cm³/mol. The van der Waals surface area contributed by atoms with E-state index in [4.69, 9.17) is 23.7 Å². The van der Waals surface area contributed by atoms with E-state index in [2.05, 4.69) is 5.32 Å². The molecule has 0 unspecified atom stereocenters. The van der Waals surface area contributed by atoms with Crippen molar-refractivity contribution in [3.05, 3.63) is 0 Å². The molecule has 0 spiro atoms. The highest BCUT2D eigenvalue weighted by Gasteiger charge is 2.43. The minimum Gasteiger partial charge on any atom is -0.392 e. The molecule has 1 aliphatic carbocycles. The number of primary amides is 1. The summed E-state index contributed by atoms with van der Waals surface area (Å²) in [7, 11) is 0. The molecule has 1 rings (SSSR count). The van der Waals surface area contributed by atoms with Crippen molar-refractivity contribution in [2.24, 2.45) is 16.9 Å². The lowest BCUT2D eigenvalue weighted by Crippen LogP contribution is -2.49. The van der Waals surface area contributed by atoms with Gasteiger partial charge in [-0.3, -0.25) is 9.59 Å². The first-order chi connectivity index (χ1) is 6.99. The molecule has 0 saturated heterocycles. The summed E-state index contributed by atoms with van der Waals surface area (Å²) in [4.78, 5) is 22.6. The number of hydrogen-bond acceptors (Lipinski definition) is 3. The first kappa shape index (κ1) is 11.9. The molecule has 0 aromatic rings. The van der Waals surface area contributed by atoms with E-state index in [-0.39, 0.29) is 17.4 Å². The highest BCUT2D eigenvalue weighted by molar-refractivity contribution is 7.80. The quantitative estimate of drug-likeness (QED) is 0.562. The van der Waals surface area contributed by atoms with E-state index < -0.39 is 11.3 Å². The second-order valence-corrected chi connectivity index (χ2v) is 4.24. The van der Waals surface area contributed by atoms with Gasteiger partial charge in [0.1, 0.15) is 0 Å². The average molecular weight is 229 g/mol. The molecule has 5 N–H and O–H groups in total. The summed E-state index contributed by atoms with van der Waals surface area (Å²) < 4.78 is 0. The summed E-state index contributed by atoms with van der Waals surface area (Å²) in [5.74, 6) is -0.842. The Morgan fingerprint density at radius 2 is 1.80 bits per heavy atom. The molecule has 84 valence electrons. The SMILES string of the molecule is NC(=O)CNC(=O)C1(C(N)=S)CCCC1. The molecule has 1 fully saturated rings. The van der Waals surface area contributed by atoms with Crippen molar-refractivity contribution in [3.63, 3.8) is 0 Å². The molecule has 6 heteroatoms. The number of carbonyl (C=O) groups excluding carboxylic acids is 2. The summed E-state index contributed by atoms with van der Waals surface area (Å²) in [6, 6.07) is 0. The van der Waals surface area contributed by atoms with Crippen molar-refractivity contribution in [3.8, 4) is 0 Å². The molecule has 0 heterocycles. The molecule has 0 aliphatic heterocycles. The highest BCUT2D eigenvalue weighted by atomic mass is 32.1. The Labute approximate surface area is 93.6 Å². The molecule has 0 atom stereocenters. The lowest BCUT2D eigenvalue weighted by Gasteiger charge is -2.25. The minimum atomic E-state index is -0.759. The maximum atomic E-state index is 11.8. The van der Waals surface area contributed by atoms with Crippen molar-refractivity contribution in [1.29, 1.82) is 0 Å². The van der Waals surface area contributed by atoms with Gasteiger partial charge >= 0.3 is 0 Å². The third-order valence-corrected chi connectivity index (χ3v) is 3.18. The van der Waals surface area contributed by atoms with Gasteiger partial charge in [0.2, 0.25) is 11.8 Å². The molecule has 5 nitrogen and oxygen atoms in total. The van der Waals surface area contributed by atoms with E-state index in [1.54, 1.807) is 0 Å². The van der Waals surface area contributed by atoms with Gasteiger partial charge in [0.15, 0.2) is 0 Å². The topological polar surface area (TPSA) is 98.2 Å². The first-order valence-corrected chi connectivity index (χ1v) is 5.26. The van der Waals surface area contributed by atoms with Gasteiger partial charge in [-0.15, -0.1) is 0 Å². The molecule has 15 heavy (non-hydrogen) atoms. The van der Waals surface area contributed by atoms with Gasteiger partial charge in [-0.2, -0.15) is 0 Å².